The molecule has 1 saturated heterocycles. The third-order valence-corrected chi connectivity index (χ3v) is 4.76. The van der Waals surface area contributed by atoms with E-state index in [4.69, 9.17) is 9.15 Å². The van der Waals surface area contributed by atoms with E-state index in [-0.39, 0.29) is 12.1 Å². The van der Waals surface area contributed by atoms with Crippen molar-refractivity contribution in [3.05, 3.63) is 24.2 Å². The first-order valence-corrected chi connectivity index (χ1v) is 9.43. The van der Waals surface area contributed by atoms with E-state index >= 15 is 0 Å². The summed E-state index contributed by atoms with van der Waals surface area (Å²) in [5, 5.41) is 3.04. The van der Waals surface area contributed by atoms with Gasteiger partial charge in [0.05, 0.1) is 18.9 Å². The molecular weight excluding hydrogens is 318 g/mol. The summed E-state index contributed by atoms with van der Waals surface area (Å²) in [6.45, 7) is 8.03. The monoisotopic (exact) mass is 351 g/mol. The minimum absolute atomic E-state index is 0.0379. The maximum absolute atomic E-state index is 12.6. The molecule has 1 atom stereocenters. The molecule has 0 spiro atoms. The molecule has 25 heavy (non-hydrogen) atoms. The molecule has 1 aliphatic rings. The fourth-order valence-corrected chi connectivity index (χ4v) is 2.90. The third-order valence-electron chi connectivity index (χ3n) is 4.76. The number of amides is 2. The molecule has 1 N–H and O–H groups in total. The molecule has 1 fully saturated rings. The van der Waals surface area contributed by atoms with Gasteiger partial charge in [-0.2, -0.15) is 0 Å². The van der Waals surface area contributed by atoms with E-state index < -0.39 is 0 Å². The normalized spacial score (nSPS) is 17.4. The first-order valence-electron chi connectivity index (χ1n) is 9.43. The number of furan rings is 1. The standard InChI is InChI=1S/C19H33N3O3/c1-16(2)21(3)11-5-4-10-20-19(23)22(14-17-8-6-12-24-17)15-18-9-7-13-25-18/h6,8,12,16,18H,4-5,7,9-11,13-15H2,1-3H3,(H,20,23). The highest BCUT2D eigenvalue weighted by Crippen LogP contribution is 2.15. The van der Waals surface area contributed by atoms with E-state index in [1.165, 1.54) is 0 Å². The van der Waals surface area contributed by atoms with E-state index in [0.717, 1.165) is 44.6 Å². The quantitative estimate of drug-likeness (QED) is 0.658. The number of ether oxygens (including phenoxy) is 1. The van der Waals surface area contributed by atoms with E-state index in [2.05, 4.69) is 31.1 Å². The molecule has 0 bridgehead atoms. The third kappa shape index (κ3) is 7.08. The zero-order chi connectivity index (χ0) is 18.1. The molecule has 0 aromatic carbocycles. The van der Waals surface area contributed by atoms with Gasteiger partial charge in [0, 0.05) is 25.7 Å². The van der Waals surface area contributed by atoms with Gasteiger partial charge < -0.3 is 24.3 Å². The summed E-state index contributed by atoms with van der Waals surface area (Å²) in [6, 6.07) is 4.27. The average Bonchev–Trinajstić information content (AvgIpc) is 3.27. The van der Waals surface area contributed by atoms with E-state index in [0.29, 0.717) is 25.7 Å². The predicted molar refractivity (Wildman–Crippen MR) is 98.5 cm³/mol. The number of unbranched alkanes of at least 4 members (excludes halogenated alkanes) is 1. The van der Waals surface area contributed by atoms with Crippen LogP contribution in [-0.4, -0.2) is 61.3 Å². The summed E-state index contributed by atoms with van der Waals surface area (Å²) in [5.74, 6) is 0.798. The minimum atomic E-state index is -0.0379. The average molecular weight is 351 g/mol. The number of nitrogens with zero attached hydrogens (tertiary/aromatic N) is 2. The van der Waals surface area contributed by atoms with Crippen molar-refractivity contribution in [1.29, 1.82) is 0 Å². The minimum Gasteiger partial charge on any atom is -0.467 e. The number of carbonyl (C=O) groups is 1. The van der Waals surface area contributed by atoms with Crippen LogP contribution in [0.2, 0.25) is 0 Å². The second-order valence-electron chi connectivity index (χ2n) is 7.11. The summed E-state index contributed by atoms with van der Waals surface area (Å²) in [5.41, 5.74) is 0. The van der Waals surface area contributed by atoms with Crippen molar-refractivity contribution in [2.45, 2.75) is 58.2 Å². The Bertz CT molecular complexity index is 484. The summed E-state index contributed by atoms with van der Waals surface area (Å²) in [6.07, 6.45) is 5.94. The highest BCUT2D eigenvalue weighted by molar-refractivity contribution is 5.74. The van der Waals surface area contributed by atoms with Gasteiger partial charge in [0.15, 0.2) is 0 Å². The van der Waals surface area contributed by atoms with Gasteiger partial charge in [-0.05, 0) is 65.3 Å². The molecule has 1 aliphatic heterocycles. The van der Waals surface area contributed by atoms with Crippen molar-refractivity contribution in [2.75, 3.05) is 33.3 Å². The van der Waals surface area contributed by atoms with Gasteiger partial charge in [-0.1, -0.05) is 0 Å². The van der Waals surface area contributed by atoms with Crippen LogP contribution in [0.15, 0.2) is 22.8 Å². The first kappa shape index (κ1) is 19.8. The Kier molecular flexibility index (Phi) is 8.28. The molecule has 0 saturated carbocycles. The Balaban J connectivity index is 1.74. The van der Waals surface area contributed by atoms with Crippen LogP contribution in [0.25, 0.3) is 0 Å². The molecule has 2 amide bonds. The lowest BCUT2D eigenvalue weighted by Gasteiger charge is -2.25. The molecule has 1 unspecified atom stereocenters. The molecule has 6 nitrogen and oxygen atoms in total. The van der Waals surface area contributed by atoms with Crippen molar-refractivity contribution in [1.82, 2.24) is 15.1 Å². The fourth-order valence-electron chi connectivity index (χ4n) is 2.90. The molecule has 0 aliphatic carbocycles. The SMILES string of the molecule is CC(C)N(C)CCCCNC(=O)N(Cc1ccco1)CC1CCCO1. The largest absolute Gasteiger partial charge is 0.467 e. The molecule has 6 heteroatoms. The smallest absolute Gasteiger partial charge is 0.317 e. The maximum Gasteiger partial charge on any atom is 0.317 e. The number of hydrogen-bond donors (Lipinski definition) is 1. The Hall–Kier alpha value is -1.53. The summed E-state index contributed by atoms with van der Waals surface area (Å²) < 4.78 is 11.1. The zero-order valence-corrected chi connectivity index (χ0v) is 15.9. The lowest BCUT2D eigenvalue weighted by Crippen LogP contribution is -2.43. The summed E-state index contributed by atoms with van der Waals surface area (Å²) in [7, 11) is 2.13. The molecule has 1 aromatic heterocycles. The van der Waals surface area contributed by atoms with Gasteiger partial charge in [0.1, 0.15) is 5.76 Å². The molecule has 1 aromatic rings. The summed E-state index contributed by atoms with van der Waals surface area (Å²) in [4.78, 5) is 16.7. The number of rotatable bonds is 10. The van der Waals surface area contributed by atoms with Crippen molar-refractivity contribution >= 4 is 6.03 Å². The van der Waals surface area contributed by atoms with Crippen LogP contribution in [0.3, 0.4) is 0 Å². The second kappa shape index (κ2) is 10.5. The number of hydrogen-bond acceptors (Lipinski definition) is 4. The molecule has 2 heterocycles. The van der Waals surface area contributed by atoms with E-state index in [1.54, 1.807) is 11.2 Å². The van der Waals surface area contributed by atoms with Crippen molar-refractivity contribution in [3.63, 3.8) is 0 Å². The topological polar surface area (TPSA) is 58.0 Å². The van der Waals surface area contributed by atoms with Crippen LogP contribution in [0, 0.1) is 0 Å². The van der Waals surface area contributed by atoms with Crippen LogP contribution in [0.4, 0.5) is 4.79 Å². The molecule has 2 rings (SSSR count). The van der Waals surface area contributed by atoms with Gasteiger partial charge >= 0.3 is 6.03 Å². The highest BCUT2D eigenvalue weighted by Gasteiger charge is 2.23. The Morgan fingerprint density at radius 2 is 2.24 bits per heavy atom. The summed E-state index contributed by atoms with van der Waals surface area (Å²) >= 11 is 0. The lowest BCUT2D eigenvalue weighted by atomic mass is 10.2. The van der Waals surface area contributed by atoms with Gasteiger partial charge in [0.2, 0.25) is 0 Å². The van der Waals surface area contributed by atoms with Crippen LogP contribution in [0.5, 0.6) is 0 Å². The van der Waals surface area contributed by atoms with E-state index in [9.17, 15) is 4.79 Å². The fraction of sp³-hybridized carbons (Fsp3) is 0.737. The number of nitrogens with one attached hydrogen (secondary N) is 1. The second-order valence-corrected chi connectivity index (χ2v) is 7.11. The van der Waals surface area contributed by atoms with Crippen LogP contribution < -0.4 is 5.32 Å². The van der Waals surface area contributed by atoms with Crippen LogP contribution in [-0.2, 0) is 11.3 Å². The van der Waals surface area contributed by atoms with Gasteiger partial charge in [-0.25, -0.2) is 4.79 Å². The van der Waals surface area contributed by atoms with Gasteiger partial charge in [0.25, 0.3) is 0 Å². The van der Waals surface area contributed by atoms with Crippen molar-refractivity contribution in [2.24, 2.45) is 0 Å². The first-order chi connectivity index (χ1) is 12.1. The molecule has 0 radical (unpaired) electrons. The predicted octanol–water partition coefficient (Wildman–Crippen LogP) is 3.09. The van der Waals surface area contributed by atoms with Crippen molar-refractivity contribution in [3.8, 4) is 0 Å². The van der Waals surface area contributed by atoms with Gasteiger partial charge in [-0.15, -0.1) is 0 Å². The maximum atomic E-state index is 12.6. The number of urea groups is 1. The van der Waals surface area contributed by atoms with E-state index in [1.807, 2.05) is 12.1 Å². The zero-order valence-electron chi connectivity index (χ0n) is 15.9. The van der Waals surface area contributed by atoms with Crippen LogP contribution in [0.1, 0.15) is 45.3 Å². The lowest BCUT2D eigenvalue weighted by molar-refractivity contribution is 0.0777. The Morgan fingerprint density at radius 1 is 1.40 bits per heavy atom. The number of carbonyl (C=O) groups excluding carboxylic acids is 1. The Morgan fingerprint density at radius 3 is 2.88 bits per heavy atom. The van der Waals surface area contributed by atoms with Crippen LogP contribution >= 0.6 is 0 Å². The van der Waals surface area contributed by atoms with Gasteiger partial charge in [-0.3, -0.25) is 0 Å². The molecular formula is C19H33N3O3. The molecule has 142 valence electrons. The Labute approximate surface area is 151 Å². The van der Waals surface area contributed by atoms with Crippen molar-refractivity contribution < 1.29 is 13.9 Å². The highest BCUT2D eigenvalue weighted by atomic mass is 16.5.